The number of nitrogens with zero attached hydrogens (tertiary/aromatic N) is 5. The monoisotopic (exact) mass is 1000 g/mol. The van der Waals surface area contributed by atoms with Crippen molar-refractivity contribution in [2.75, 3.05) is 0 Å². The zero-order chi connectivity index (χ0) is 52.0. The Labute approximate surface area is 423 Å². The summed E-state index contributed by atoms with van der Waals surface area (Å²) in [6.45, 7) is 1.58. The van der Waals surface area contributed by atoms with Gasteiger partial charge in [0.05, 0.1) is 37.3 Å². The Morgan fingerprint density at radius 1 is 0.608 bits per heavy atom. The first-order valence-corrected chi connectivity index (χ1v) is 24.1. The van der Waals surface area contributed by atoms with E-state index < -0.39 is 20.7 Å². The van der Waals surface area contributed by atoms with Crippen LogP contribution in [-0.4, -0.2) is 57.6 Å². The van der Waals surface area contributed by atoms with Crippen LogP contribution in [0.25, 0.3) is 67.3 Å². The molecule has 17 heteroatoms. The molecule has 12 aromatic rings. The van der Waals surface area contributed by atoms with Gasteiger partial charge in [-0.15, -0.1) is 0 Å². The Morgan fingerprint density at radius 3 is 1.74 bits per heavy atom. The third-order valence-corrected chi connectivity index (χ3v) is 12.6. The van der Waals surface area contributed by atoms with Crippen molar-refractivity contribution in [3.05, 3.63) is 251 Å². The van der Waals surface area contributed by atoms with Gasteiger partial charge in [-0.1, -0.05) is 109 Å². The molecule has 0 unspecified atom stereocenters. The first-order valence-electron chi connectivity index (χ1n) is 22.6. The van der Waals surface area contributed by atoms with Gasteiger partial charge in [0.15, 0.2) is 22.6 Å². The van der Waals surface area contributed by atoms with Gasteiger partial charge in [0.2, 0.25) is 5.75 Å². The van der Waals surface area contributed by atoms with Crippen molar-refractivity contribution in [3.8, 4) is 51.5 Å². The maximum absolute atomic E-state index is 12.0. The third-order valence-electron chi connectivity index (χ3n) is 10.9. The number of para-hydroxylation sites is 4. The number of aromatic amines is 2. The van der Waals surface area contributed by atoms with Gasteiger partial charge >= 0.3 is 0 Å². The molecule has 0 saturated heterocycles. The smallest absolute Gasteiger partial charge is 0.272 e. The second kappa shape index (κ2) is 23.2. The largest absolute Gasteiger partial charge is 0.508 e. The minimum absolute atomic E-state index is 0.00801. The van der Waals surface area contributed by atoms with E-state index in [9.17, 15) is 33.5 Å². The summed E-state index contributed by atoms with van der Waals surface area (Å²) >= 11 is 0. The molecule has 0 atom stereocenters. The minimum Gasteiger partial charge on any atom is -0.508 e. The number of aromatic nitrogens is 6. The summed E-state index contributed by atoms with van der Waals surface area (Å²) in [6, 6.07) is 60.7. The van der Waals surface area contributed by atoms with Crippen LogP contribution in [0.15, 0.2) is 239 Å². The summed E-state index contributed by atoms with van der Waals surface area (Å²) in [7, 11) is -3.38. The molecular weight excluding hydrogens is 959 g/mol. The summed E-state index contributed by atoms with van der Waals surface area (Å²) < 4.78 is 30.4. The van der Waals surface area contributed by atoms with Gasteiger partial charge < -0.3 is 29.7 Å². The predicted octanol–water partition coefficient (Wildman–Crippen LogP) is 12.1. The van der Waals surface area contributed by atoms with Crippen LogP contribution >= 0.6 is 0 Å². The highest BCUT2D eigenvalue weighted by Crippen LogP contribution is 2.34. The molecular formula is C57H45N7O9S. The van der Waals surface area contributed by atoms with E-state index in [0.29, 0.717) is 16.2 Å². The van der Waals surface area contributed by atoms with Crippen LogP contribution in [0.1, 0.15) is 5.56 Å². The molecule has 0 amide bonds. The van der Waals surface area contributed by atoms with E-state index >= 15 is 0 Å². The zero-order valence-corrected chi connectivity index (χ0v) is 40.1. The van der Waals surface area contributed by atoms with Crippen molar-refractivity contribution in [2.45, 2.75) is 11.8 Å². The lowest BCUT2D eigenvalue weighted by Gasteiger charge is -2.05. The molecule has 0 spiro atoms. The fraction of sp³-hybridized carbons (Fsp3) is 0.0175. The van der Waals surface area contributed by atoms with E-state index in [0.717, 1.165) is 50.5 Å². The number of H-pyrrole nitrogens is 2. The molecule has 5 heterocycles. The van der Waals surface area contributed by atoms with Crippen LogP contribution in [-0.2, 0) is 10.0 Å². The molecule has 7 aromatic carbocycles. The topological polar surface area (TPSA) is 243 Å². The average molecular weight is 1000 g/mol. The maximum Gasteiger partial charge on any atom is 0.272 e. The molecule has 0 saturated carbocycles. The average Bonchev–Trinajstić information content (AvgIpc) is 4.24. The molecule has 0 radical (unpaired) electrons. The molecule has 368 valence electrons. The Morgan fingerprint density at radius 2 is 1.16 bits per heavy atom. The molecule has 5 N–H and O–H groups in total. The lowest BCUT2D eigenvalue weighted by atomic mass is 10.1. The van der Waals surface area contributed by atoms with Gasteiger partial charge in [-0.25, -0.2) is 22.4 Å². The molecule has 0 aliphatic heterocycles. The number of pyridine rings is 1. The highest BCUT2D eigenvalue weighted by Gasteiger charge is 2.15. The lowest BCUT2D eigenvalue weighted by molar-refractivity contribution is -0.385. The zero-order valence-electron chi connectivity index (χ0n) is 39.3. The van der Waals surface area contributed by atoms with E-state index in [2.05, 4.69) is 37.1 Å². The standard InChI is InChI=1S/C15H10O4.C13H10N2.C12H9N3.C10H9NO2S.C7H7NO3/c16-11-7-6-10-12(17)8-13(19-15(10)14(11)18)9-4-2-1-3-5-9;1-2-6-10(7-3-1)13-14-11-8-4-5-9-12(11)15-13;1-2-6-10-9(5-1)14-12(15-10)11-7-3-4-8-13-11;12-14(13,11-8-4-5-9-11)10-6-2-1-3-7-10;1-5-4-6(9)2-3-7(5)8(10)11/h1-8,16,18H;1-9H,(H,14,15);1-8H,(H,14,15);1-9H;2-4,9H,1H3. The van der Waals surface area contributed by atoms with Crippen molar-refractivity contribution >= 4 is 48.7 Å². The molecule has 0 aliphatic carbocycles. The normalized spacial score (nSPS) is 10.7. The number of hydrogen-bond acceptors (Lipinski definition) is 12. The fourth-order valence-electron chi connectivity index (χ4n) is 7.24. The Kier molecular flexibility index (Phi) is 15.8. The predicted molar refractivity (Wildman–Crippen MR) is 285 cm³/mol. The van der Waals surface area contributed by atoms with Gasteiger partial charge in [-0.2, -0.15) is 0 Å². The Bertz CT molecular complexity index is 3790. The highest BCUT2D eigenvalue weighted by molar-refractivity contribution is 7.90. The molecule has 5 aromatic heterocycles. The van der Waals surface area contributed by atoms with E-state index in [-0.39, 0.29) is 33.6 Å². The molecule has 16 nitrogen and oxygen atoms in total. The fourth-order valence-corrected chi connectivity index (χ4v) is 8.44. The van der Waals surface area contributed by atoms with Gasteiger partial charge in [0, 0.05) is 47.4 Å². The van der Waals surface area contributed by atoms with E-state index in [4.69, 9.17) is 9.52 Å². The third kappa shape index (κ3) is 12.2. The van der Waals surface area contributed by atoms with Gasteiger partial charge in [0.25, 0.3) is 15.7 Å². The number of rotatable bonds is 6. The lowest BCUT2D eigenvalue weighted by Crippen LogP contribution is -2.10. The van der Waals surface area contributed by atoms with Crippen LogP contribution in [0.5, 0.6) is 17.2 Å². The number of benzene rings is 7. The quantitative estimate of drug-likeness (QED) is 0.0593. The molecule has 0 aliphatic rings. The SMILES string of the molecule is Cc1cc(O)ccc1[N+](=O)[O-].O=S(=O)(c1ccccc1)n1cccc1.O=c1cc(-c2ccccc2)oc2c(O)c(O)ccc12.c1ccc(-c2nc3ccccc3[nH]2)cc1.c1ccc(-c2nc3ccccc3[nH]2)nc1. The number of aromatic hydroxyl groups is 3. The van der Waals surface area contributed by atoms with Crippen LogP contribution < -0.4 is 5.43 Å². The summed E-state index contributed by atoms with van der Waals surface area (Å²) in [5.74, 6) is 1.40. The Balaban J connectivity index is 0.000000124. The van der Waals surface area contributed by atoms with Gasteiger partial charge in [-0.05, 0) is 91.9 Å². The number of hydrogen-bond donors (Lipinski definition) is 5. The first-order chi connectivity index (χ1) is 35.8. The first kappa shape index (κ1) is 50.3. The summed E-state index contributed by atoms with van der Waals surface area (Å²) in [6.07, 6.45) is 4.80. The Hall–Kier alpha value is -10.1. The minimum atomic E-state index is -3.38. The number of nitro groups is 1. The van der Waals surface area contributed by atoms with E-state index in [1.165, 1.54) is 52.8 Å². The van der Waals surface area contributed by atoms with Crippen molar-refractivity contribution in [2.24, 2.45) is 0 Å². The highest BCUT2D eigenvalue weighted by atomic mass is 32.2. The van der Waals surface area contributed by atoms with Crippen LogP contribution in [0, 0.1) is 17.0 Å². The number of nitro benzene ring substituents is 1. The summed E-state index contributed by atoms with van der Waals surface area (Å²) in [5.41, 5.74) is 7.04. The van der Waals surface area contributed by atoms with Crippen molar-refractivity contribution in [1.82, 2.24) is 28.9 Å². The molecule has 12 rings (SSSR count). The summed E-state index contributed by atoms with van der Waals surface area (Å²) in [5, 5.41) is 38.6. The van der Waals surface area contributed by atoms with Gasteiger partial charge in [-0.3, -0.25) is 19.9 Å². The van der Waals surface area contributed by atoms with E-state index in [1.807, 2.05) is 103 Å². The summed E-state index contributed by atoms with van der Waals surface area (Å²) in [4.78, 5) is 41.8. The van der Waals surface area contributed by atoms with Crippen LogP contribution in [0.3, 0.4) is 0 Å². The number of imidazole rings is 2. The van der Waals surface area contributed by atoms with Crippen LogP contribution in [0.4, 0.5) is 5.69 Å². The van der Waals surface area contributed by atoms with Crippen LogP contribution in [0.2, 0.25) is 0 Å². The number of fused-ring (bicyclic) bond motifs is 3. The van der Waals surface area contributed by atoms with Crippen molar-refractivity contribution in [3.63, 3.8) is 0 Å². The number of phenols is 3. The maximum atomic E-state index is 12.0. The van der Waals surface area contributed by atoms with Crippen molar-refractivity contribution in [1.29, 1.82) is 0 Å². The molecule has 0 bridgehead atoms. The van der Waals surface area contributed by atoms with Gasteiger partial charge in [0.1, 0.15) is 23.0 Å². The van der Waals surface area contributed by atoms with E-state index in [1.54, 1.807) is 67.7 Å². The number of phenolic OH excluding ortho intramolecular Hbond substituents is 3. The number of aryl methyl sites for hydroxylation is 1. The molecule has 74 heavy (non-hydrogen) atoms. The second-order valence-electron chi connectivity index (χ2n) is 16.0. The molecule has 0 fully saturated rings. The number of nitrogens with one attached hydrogen (secondary N) is 2. The van der Waals surface area contributed by atoms with Crippen molar-refractivity contribution < 1.29 is 33.1 Å². The second-order valence-corrected chi connectivity index (χ2v) is 17.8.